The molecule has 2 heterocycles. The number of carbonyl (C=O) groups excluding carboxylic acids is 4. The standard InChI is InChI=1S/C15H15N3O4/c1-18(15-5-9(6-15)12(20)17-14(15)22)13(21)11-4-10(16)3-2-8(11)7-19/h2-4,7,9H,5-6,16H2,1H3,(H,17,20,22). The average molecular weight is 301 g/mol. The van der Waals surface area contributed by atoms with Crippen molar-refractivity contribution in [1.82, 2.24) is 10.2 Å². The van der Waals surface area contributed by atoms with Gasteiger partial charge in [0.1, 0.15) is 5.54 Å². The number of amides is 3. The smallest absolute Gasteiger partial charge is 0.255 e. The first-order valence-electron chi connectivity index (χ1n) is 6.87. The summed E-state index contributed by atoms with van der Waals surface area (Å²) in [6.07, 6.45) is 1.21. The Balaban J connectivity index is 1.93. The van der Waals surface area contributed by atoms with Crippen LogP contribution < -0.4 is 11.1 Å². The van der Waals surface area contributed by atoms with E-state index in [9.17, 15) is 19.2 Å². The summed E-state index contributed by atoms with van der Waals surface area (Å²) < 4.78 is 0. The summed E-state index contributed by atoms with van der Waals surface area (Å²) >= 11 is 0. The molecule has 2 aliphatic heterocycles. The average Bonchev–Trinajstić information content (AvgIpc) is 2.44. The number of piperidine rings is 2. The summed E-state index contributed by atoms with van der Waals surface area (Å²) in [5.74, 6) is -1.45. The fourth-order valence-corrected chi connectivity index (χ4v) is 3.12. The number of benzene rings is 1. The lowest BCUT2D eigenvalue weighted by Crippen LogP contribution is -2.73. The first-order chi connectivity index (χ1) is 10.4. The molecule has 2 bridgehead atoms. The minimum Gasteiger partial charge on any atom is -0.399 e. The van der Waals surface area contributed by atoms with Crippen LogP contribution in [0.4, 0.5) is 5.69 Å². The molecule has 1 aromatic carbocycles. The maximum atomic E-state index is 12.7. The van der Waals surface area contributed by atoms with E-state index in [1.807, 2.05) is 0 Å². The fourth-order valence-electron chi connectivity index (χ4n) is 3.12. The molecule has 0 aromatic heterocycles. The van der Waals surface area contributed by atoms with Gasteiger partial charge in [-0.05, 0) is 31.0 Å². The number of anilines is 1. The summed E-state index contributed by atoms with van der Waals surface area (Å²) in [6, 6.07) is 4.42. The van der Waals surface area contributed by atoms with Crippen LogP contribution in [0, 0.1) is 5.92 Å². The highest BCUT2D eigenvalue weighted by atomic mass is 16.2. The van der Waals surface area contributed by atoms with Crippen molar-refractivity contribution in [3.8, 4) is 0 Å². The molecular formula is C15H15N3O4. The number of carbonyl (C=O) groups is 4. The maximum Gasteiger partial charge on any atom is 0.255 e. The predicted octanol–water partition coefficient (Wildman–Crippen LogP) is -0.0415. The Morgan fingerprint density at radius 3 is 2.68 bits per heavy atom. The Hall–Kier alpha value is -2.70. The molecule has 1 aromatic rings. The van der Waals surface area contributed by atoms with Gasteiger partial charge in [-0.2, -0.15) is 0 Å². The van der Waals surface area contributed by atoms with E-state index in [0.29, 0.717) is 24.8 Å². The third kappa shape index (κ3) is 1.82. The van der Waals surface area contributed by atoms with E-state index in [1.54, 1.807) is 0 Å². The van der Waals surface area contributed by atoms with E-state index >= 15 is 0 Å². The fraction of sp³-hybridized carbons (Fsp3) is 0.333. The number of hydrogen-bond acceptors (Lipinski definition) is 5. The number of fused-ring (bicyclic) bond motifs is 2. The van der Waals surface area contributed by atoms with Gasteiger partial charge in [-0.25, -0.2) is 0 Å². The lowest BCUT2D eigenvalue weighted by molar-refractivity contribution is -0.159. The number of nitrogens with two attached hydrogens (primary N) is 1. The van der Waals surface area contributed by atoms with Crippen molar-refractivity contribution in [2.45, 2.75) is 18.4 Å². The summed E-state index contributed by atoms with van der Waals surface area (Å²) in [4.78, 5) is 48.7. The molecule has 7 nitrogen and oxygen atoms in total. The molecule has 3 N–H and O–H groups in total. The van der Waals surface area contributed by atoms with Gasteiger partial charge in [-0.15, -0.1) is 0 Å². The Morgan fingerprint density at radius 2 is 2.09 bits per heavy atom. The number of rotatable bonds is 3. The second-order valence-corrected chi connectivity index (χ2v) is 5.78. The second-order valence-electron chi connectivity index (χ2n) is 5.78. The van der Waals surface area contributed by atoms with Gasteiger partial charge in [0, 0.05) is 24.2 Å². The van der Waals surface area contributed by atoms with Crippen LogP contribution in [0.3, 0.4) is 0 Å². The quantitative estimate of drug-likeness (QED) is 0.462. The Labute approximate surface area is 126 Å². The minimum atomic E-state index is -1.01. The van der Waals surface area contributed by atoms with Crippen LogP contribution >= 0.6 is 0 Å². The zero-order chi connectivity index (χ0) is 16.1. The highest BCUT2D eigenvalue weighted by Gasteiger charge is 2.61. The van der Waals surface area contributed by atoms with Crippen molar-refractivity contribution in [2.24, 2.45) is 5.92 Å². The van der Waals surface area contributed by atoms with Crippen LogP contribution in [0.15, 0.2) is 18.2 Å². The molecule has 0 atom stereocenters. The van der Waals surface area contributed by atoms with Crippen LogP contribution in [0.25, 0.3) is 0 Å². The summed E-state index contributed by atoms with van der Waals surface area (Å²) in [6.45, 7) is 0. The van der Waals surface area contributed by atoms with Crippen LogP contribution in [-0.4, -0.2) is 41.5 Å². The van der Waals surface area contributed by atoms with Gasteiger partial charge >= 0.3 is 0 Å². The highest BCUT2D eigenvalue weighted by Crippen LogP contribution is 2.45. The van der Waals surface area contributed by atoms with Crippen LogP contribution in [-0.2, 0) is 9.59 Å². The van der Waals surface area contributed by atoms with Gasteiger partial charge in [0.05, 0.1) is 5.56 Å². The zero-order valence-corrected chi connectivity index (χ0v) is 12.0. The molecule has 3 fully saturated rings. The van der Waals surface area contributed by atoms with Gasteiger partial charge in [0.15, 0.2) is 6.29 Å². The second kappa shape index (κ2) is 4.66. The number of hydrogen-bond donors (Lipinski definition) is 2. The normalized spacial score (nSPS) is 26.0. The first-order valence-corrected chi connectivity index (χ1v) is 6.87. The number of nitrogens with zero attached hydrogens (tertiary/aromatic N) is 1. The van der Waals surface area contributed by atoms with Gasteiger partial charge in [0.25, 0.3) is 11.8 Å². The number of likely N-dealkylation sites (N-methyl/N-ethyl adjacent to an activating group) is 1. The summed E-state index contributed by atoms with van der Waals surface area (Å²) in [5, 5.41) is 2.28. The number of imide groups is 1. The van der Waals surface area contributed by atoms with Crippen molar-refractivity contribution < 1.29 is 19.2 Å². The Morgan fingerprint density at radius 1 is 1.41 bits per heavy atom. The molecule has 3 aliphatic rings. The van der Waals surface area contributed by atoms with E-state index in [0.717, 1.165) is 0 Å². The maximum absolute atomic E-state index is 12.7. The zero-order valence-electron chi connectivity index (χ0n) is 12.0. The molecule has 1 aliphatic carbocycles. The first kappa shape index (κ1) is 14.2. The van der Waals surface area contributed by atoms with Crippen LogP contribution in [0.1, 0.15) is 33.6 Å². The monoisotopic (exact) mass is 301 g/mol. The summed E-state index contributed by atoms with van der Waals surface area (Å²) in [7, 11) is 1.51. The molecule has 0 spiro atoms. The van der Waals surface area contributed by atoms with Gasteiger partial charge in [-0.3, -0.25) is 24.5 Å². The molecule has 7 heteroatoms. The van der Waals surface area contributed by atoms with E-state index in [-0.39, 0.29) is 23.0 Å². The van der Waals surface area contributed by atoms with Crippen molar-refractivity contribution in [3.63, 3.8) is 0 Å². The summed E-state index contributed by atoms with van der Waals surface area (Å²) in [5.41, 5.74) is 5.39. The lowest BCUT2D eigenvalue weighted by atomic mass is 9.63. The SMILES string of the molecule is CN(C(=O)c1cc(N)ccc1C=O)C12CC(C1)C(=O)NC2=O. The molecule has 4 rings (SSSR count). The number of nitrogen functional groups attached to an aromatic ring is 1. The predicted molar refractivity (Wildman–Crippen MR) is 76.9 cm³/mol. The van der Waals surface area contributed by atoms with Crippen LogP contribution in [0.5, 0.6) is 0 Å². The van der Waals surface area contributed by atoms with E-state index in [4.69, 9.17) is 5.73 Å². The third-order valence-corrected chi connectivity index (χ3v) is 4.58. The lowest BCUT2D eigenvalue weighted by Gasteiger charge is -2.53. The van der Waals surface area contributed by atoms with Crippen molar-refractivity contribution in [1.29, 1.82) is 0 Å². The molecule has 3 amide bonds. The Kier molecular flexibility index (Phi) is 3.01. The molecule has 114 valence electrons. The Bertz CT molecular complexity index is 707. The number of aldehydes is 1. The third-order valence-electron chi connectivity index (χ3n) is 4.58. The van der Waals surface area contributed by atoms with Crippen molar-refractivity contribution >= 4 is 29.7 Å². The molecule has 1 saturated carbocycles. The molecule has 0 unspecified atom stereocenters. The topological polar surface area (TPSA) is 110 Å². The minimum absolute atomic E-state index is 0.153. The van der Waals surface area contributed by atoms with Gasteiger partial charge in [0.2, 0.25) is 5.91 Å². The van der Waals surface area contributed by atoms with Gasteiger partial charge in [-0.1, -0.05) is 0 Å². The molecular weight excluding hydrogens is 286 g/mol. The highest BCUT2D eigenvalue weighted by molar-refractivity contribution is 6.11. The number of nitrogens with one attached hydrogen (secondary N) is 1. The van der Waals surface area contributed by atoms with Gasteiger partial charge < -0.3 is 10.6 Å². The molecule has 0 radical (unpaired) electrons. The van der Waals surface area contributed by atoms with Crippen molar-refractivity contribution in [2.75, 3.05) is 12.8 Å². The molecule has 22 heavy (non-hydrogen) atoms. The van der Waals surface area contributed by atoms with Crippen molar-refractivity contribution in [3.05, 3.63) is 29.3 Å². The molecule has 2 saturated heterocycles. The van der Waals surface area contributed by atoms with Crippen LogP contribution in [0.2, 0.25) is 0 Å². The van der Waals surface area contributed by atoms with E-state index < -0.39 is 17.4 Å². The largest absolute Gasteiger partial charge is 0.399 e. The van der Waals surface area contributed by atoms with E-state index in [2.05, 4.69) is 5.32 Å². The van der Waals surface area contributed by atoms with E-state index in [1.165, 1.54) is 30.1 Å².